The molecule has 5 heteroatoms. The number of halogens is 1. The van der Waals surface area contributed by atoms with Gasteiger partial charge in [0.05, 0.1) is 27.0 Å². The van der Waals surface area contributed by atoms with E-state index in [-0.39, 0.29) is 6.61 Å². The third kappa shape index (κ3) is 7.20. The fraction of sp³-hybridized carbons (Fsp3) is 1.00. The molecule has 2 N–H and O–H groups in total. The van der Waals surface area contributed by atoms with Crippen LogP contribution in [-0.4, -0.2) is 69.7 Å². The molecule has 0 aromatic carbocycles. The molecule has 0 saturated carbocycles. The van der Waals surface area contributed by atoms with Crippen LogP contribution in [0.3, 0.4) is 0 Å². The van der Waals surface area contributed by atoms with Crippen molar-refractivity contribution in [1.82, 2.24) is 10.2 Å². The molecule has 14 heavy (non-hydrogen) atoms. The van der Waals surface area contributed by atoms with Crippen LogP contribution in [0.15, 0.2) is 0 Å². The van der Waals surface area contributed by atoms with Crippen LogP contribution in [0.25, 0.3) is 0 Å². The second-order valence-corrected chi connectivity index (χ2v) is 2.93. The van der Waals surface area contributed by atoms with Gasteiger partial charge in [0.2, 0.25) is 0 Å². The smallest absolute Gasteiger partial charge is 0.0785 e. The molecule has 0 unspecified atom stereocenters. The fourth-order valence-electron chi connectivity index (χ4n) is 1.30. The first-order valence-electron chi connectivity index (χ1n) is 4.93. The fourth-order valence-corrected chi connectivity index (χ4v) is 1.30. The molecule has 0 aromatic heterocycles. The van der Waals surface area contributed by atoms with E-state index in [4.69, 9.17) is 9.84 Å². The summed E-state index contributed by atoms with van der Waals surface area (Å²) in [4.78, 5) is 2.37. The Bertz CT molecular complexity index is 111. The van der Waals surface area contributed by atoms with Crippen LogP contribution < -0.4 is 5.32 Å². The molecule has 4 nitrogen and oxygen atoms in total. The van der Waals surface area contributed by atoms with Crippen molar-refractivity contribution < 1.29 is 14.2 Å². The summed E-state index contributed by atoms with van der Waals surface area (Å²) in [6, 6.07) is 0. The molecule has 0 spiro atoms. The molecular formula is C9H21FN2O2. The lowest BCUT2D eigenvalue weighted by Gasteiger charge is -2.26. The monoisotopic (exact) mass is 208 g/mol. The minimum absolute atomic E-state index is 0.127. The molecule has 0 aromatic rings. The van der Waals surface area contributed by atoms with E-state index in [1.807, 2.05) is 0 Å². The summed E-state index contributed by atoms with van der Waals surface area (Å²) in [5, 5.41) is 11.7. The standard InChI is InChI=1S/C8H18N2O2.CH3F/c11-6-8-12-7-5-10-3-1-9-2-4-10;1-2/h9,11H,1-8H2;1H3. The predicted molar refractivity (Wildman–Crippen MR) is 54.2 cm³/mol. The zero-order valence-corrected chi connectivity index (χ0v) is 8.84. The number of piperazine rings is 1. The van der Waals surface area contributed by atoms with Crippen LogP contribution in [0, 0.1) is 0 Å². The number of aliphatic hydroxyl groups is 1. The average Bonchev–Trinajstić information content (AvgIpc) is 2.29. The summed E-state index contributed by atoms with van der Waals surface area (Å²) >= 11 is 0. The van der Waals surface area contributed by atoms with Gasteiger partial charge < -0.3 is 15.2 Å². The summed E-state index contributed by atoms with van der Waals surface area (Å²) in [6.45, 7) is 6.71. The van der Waals surface area contributed by atoms with Gasteiger partial charge in [-0.25, -0.2) is 0 Å². The van der Waals surface area contributed by atoms with Crippen LogP contribution in [0.4, 0.5) is 4.39 Å². The van der Waals surface area contributed by atoms with Crippen LogP contribution in [-0.2, 0) is 4.74 Å². The zero-order chi connectivity index (χ0) is 10.6. The first-order chi connectivity index (χ1) is 6.93. The quantitative estimate of drug-likeness (QED) is 0.597. The normalized spacial score (nSPS) is 17.4. The van der Waals surface area contributed by atoms with Gasteiger partial charge in [0, 0.05) is 32.7 Å². The van der Waals surface area contributed by atoms with Crippen LogP contribution >= 0.6 is 0 Å². The van der Waals surface area contributed by atoms with Gasteiger partial charge in [-0.15, -0.1) is 0 Å². The Labute approximate surface area is 85.0 Å². The number of nitrogens with zero attached hydrogens (tertiary/aromatic N) is 1. The Morgan fingerprint density at radius 3 is 2.50 bits per heavy atom. The molecule has 0 amide bonds. The second kappa shape index (κ2) is 10.8. The maximum Gasteiger partial charge on any atom is 0.0785 e. The summed E-state index contributed by atoms with van der Waals surface area (Å²) in [7, 11) is 0.500. The zero-order valence-electron chi connectivity index (χ0n) is 8.84. The van der Waals surface area contributed by atoms with Gasteiger partial charge in [-0.05, 0) is 0 Å². The SMILES string of the molecule is CF.OCCOCCN1CCNCC1. The molecule has 1 saturated heterocycles. The highest BCUT2D eigenvalue weighted by Crippen LogP contribution is 1.91. The van der Waals surface area contributed by atoms with Crippen molar-refractivity contribution in [2.75, 3.05) is 59.7 Å². The maximum absolute atomic E-state index is 9.50. The van der Waals surface area contributed by atoms with Crippen LogP contribution in [0.1, 0.15) is 0 Å². The van der Waals surface area contributed by atoms with Crippen LogP contribution in [0.5, 0.6) is 0 Å². The topological polar surface area (TPSA) is 44.7 Å². The molecule has 1 heterocycles. The Balaban J connectivity index is 0.000000791. The van der Waals surface area contributed by atoms with Crippen molar-refractivity contribution in [3.63, 3.8) is 0 Å². The van der Waals surface area contributed by atoms with Gasteiger partial charge >= 0.3 is 0 Å². The van der Waals surface area contributed by atoms with Crippen molar-refractivity contribution in [1.29, 1.82) is 0 Å². The highest BCUT2D eigenvalue weighted by molar-refractivity contribution is 4.66. The lowest BCUT2D eigenvalue weighted by molar-refractivity contribution is 0.0710. The molecule has 0 aliphatic carbocycles. The maximum atomic E-state index is 9.50. The lowest BCUT2D eigenvalue weighted by atomic mass is 10.4. The first kappa shape index (κ1) is 13.8. The molecular weight excluding hydrogens is 187 g/mol. The number of aliphatic hydroxyl groups excluding tert-OH is 1. The van der Waals surface area contributed by atoms with Crippen LogP contribution in [0.2, 0.25) is 0 Å². The van der Waals surface area contributed by atoms with E-state index in [1.165, 1.54) is 0 Å². The molecule has 0 bridgehead atoms. The summed E-state index contributed by atoms with van der Waals surface area (Å²) in [6.07, 6.45) is 0. The molecule has 1 fully saturated rings. The van der Waals surface area contributed by atoms with Crippen molar-refractivity contribution in [2.45, 2.75) is 0 Å². The van der Waals surface area contributed by atoms with Gasteiger partial charge in [0.15, 0.2) is 0 Å². The summed E-state index contributed by atoms with van der Waals surface area (Å²) in [5.41, 5.74) is 0. The minimum Gasteiger partial charge on any atom is -0.394 e. The van der Waals surface area contributed by atoms with Gasteiger partial charge in [-0.1, -0.05) is 0 Å². The molecule has 0 radical (unpaired) electrons. The lowest BCUT2D eigenvalue weighted by Crippen LogP contribution is -2.44. The predicted octanol–water partition coefficient (Wildman–Crippen LogP) is -0.514. The van der Waals surface area contributed by atoms with E-state index in [2.05, 4.69) is 10.2 Å². The minimum atomic E-state index is 0.127. The van der Waals surface area contributed by atoms with E-state index in [0.717, 1.165) is 39.3 Å². The Hall–Kier alpha value is -0.230. The Kier molecular flexibility index (Phi) is 10.7. The van der Waals surface area contributed by atoms with Crippen molar-refractivity contribution in [3.05, 3.63) is 0 Å². The number of rotatable bonds is 5. The van der Waals surface area contributed by atoms with Crippen molar-refractivity contribution in [2.24, 2.45) is 0 Å². The summed E-state index contributed by atoms with van der Waals surface area (Å²) in [5.74, 6) is 0. The Morgan fingerprint density at radius 1 is 1.29 bits per heavy atom. The van der Waals surface area contributed by atoms with E-state index >= 15 is 0 Å². The number of hydrogen-bond acceptors (Lipinski definition) is 4. The van der Waals surface area contributed by atoms with E-state index in [1.54, 1.807) is 0 Å². The highest BCUT2D eigenvalue weighted by atomic mass is 19.1. The van der Waals surface area contributed by atoms with E-state index < -0.39 is 0 Å². The van der Waals surface area contributed by atoms with Gasteiger partial charge in [0.25, 0.3) is 0 Å². The largest absolute Gasteiger partial charge is 0.394 e. The molecule has 1 aliphatic rings. The molecule has 86 valence electrons. The number of alkyl halides is 1. The third-order valence-electron chi connectivity index (χ3n) is 2.00. The molecule has 0 atom stereocenters. The highest BCUT2D eigenvalue weighted by Gasteiger charge is 2.07. The van der Waals surface area contributed by atoms with Gasteiger partial charge in [-0.2, -0.15) is 0 Å². The van der Waals surface area contributed by atoms with Gasteiger partial charge in [0.1, 0.15) is 0 Å². The summed E-state index contributed by atoms with van der Waals surface area (Å²) < 4.78 is 14.7. The number of nitrogens with one attached hydrogen (secondary N) is 1. The van der Waals surface area contributed by atoms with Crippen molar-refractivity contribution in [3.8, 4) is 0 Å². The number of ether oxygens (including phenoxy) is 1. The molecule has 1 aliphatic heterocycles. The van der Waals surface area contributed by atoms with Gasteiger partial charge in [-0.3, -0.25) is 9.29 Å². The van der Waals surface area contributed by atoms with E-state index in [0.29, 0.717) is 13.8 Å². The Morgan fingerprint density at radius 2 is 1.93 bits per heavy atom. The van der Waals surface area contributed by atoms with E-state index in [9.17, 15) is 4.39 Å². The second-order valence-electron chi connectivity index (χ2n) is 2.93. The number of hydrogen-bond donors (Lipinski definition) is 2. The third-order valence-corrected chi connectivity index (χ3v) is 2.00. The van der Waals surface area contributed by atoms with Crippen molar-refractivity contribution >= 4 is 0 Å². The molecule has 1 rings (SSSR count). The average molecular weight is 208 g/mol. The first-order valence-corrected chi connectivity index (χ1v) is 4.93.